The van der Waals surface area contributed by atoms with Crippen molar-refractivity contribution >= 4 is 29.0 Å². The molecule has 0 radical (unpaired) electrons. The van der Waals surface area contributed by atoms with Gasteiger partial charge in [0, 0.05) is 13.1 Å². The number of hydrogen-bond acceptors (Lipinski definition) is 3. The van der Waals surface area contributed by atoms with Gasteiger partial charge < -0.3 is 16.0 Å². The molecule has 0 saturated heterocycles. The number of thiocarbonyl (C=S) groups is 1. The van der Waals surface area contributed by atoms with Gasteiger partial charge in [-0.05, 0) is 27.2 Å². The lowest BCUT2D eigenvalue weighted by Crippen LogP contribution is -2.51. The quantitative estimate of drug-likeness (QED) is 0.669. The number of hydrogen-bond donors (Lipinski definition) is 2. The first kappa shape index (κ1) is 16.8. The second kappa shape index (κ2) is 7.31. The highest BCUT2D eigenvalue weighted by molar-refractivity contribution is 7.80. The fraction of sp³-hybridized carbons (Fsp3) is 0.750. The zero-order chi connectivity index (χ0) is 14.3. The Hall–Kier alpha value is -1.17. The third-order valence-electron chi connectivity index (χ3n) is 3.10. The van der Waals surface area contributed by atoms with Crippen molar-refractivity contribution in [3.63, 3.8) is 0 Å². The summed E-state index contributed by atoms with van der Waals surface area (Å²) in [6.45, 7) is 8.28. The van der Waals surface area contributed by atoms with Crippen LogP contribution in [0.2, 0.25) is 0 Å². The SMILES string of the molecule is CCNC(=O)CN(CC)C(=O)C(C)(CC)C(N)=S. The van der Waals surface area contributed by atoms with Gasteiger partial charge in [0.15, 0.2) is 0 Å². The van der Waals surface area contributed by atoms with Gasteiger partial charge in [-0.1, -0.05) is 19.1 Å². The molecular formula is C12H23N3O2S. The maximum atomic E-state index is 12.4. The third kappa shape index (κ3) is 3.94. The molecule has 2 amide bonds. The van der Waals surface area contributed by atoms with Crippen LogP contribution in [0.1, 0.15) is 34.1 Å². The van der Waals surface area contributed by atoms with E-state index in [4.69, 9.17) is 18.0 Å². The standard InChI is InChI=1S/C12H23N3O2S/c1-5-12(4,10(13)18)11(17)15(7-3)8-9(16)14-6-2/h5-8H2,1-4H3,(H2,13,18)(H,14,16). The molecule has 104 valence electrons. The molecule has 0 rings (SSSR count). The van der Waals surface area contributed by atoms with Crippen molar-refractivity contribution in [3.8, 4) is 0 Å². The minimum absolute atomic E-state index is 0.0430. The van der Waals surface area contributed by atoms with Crippen LogP contribution in [-0.4, -0.2) is 41.3 Å². The summed E-state index contributed by atoms with van der Waals surface area (Å²) in [4.78, 5) is 25.6. The molecule has 1 unspecified atom stereocenters. The van der Waals surface area contributed by atoms with Gasteiger partial charge in [0.05, 0.1) is 16.9 Å². The van der Waals surface area contributed by atoms with Crippen LogP contribution in [0.5, 0.6) is 0 Å². The van der Waals surface area contributed by atoms with Crippen LogP contribution in [0, 0.1) is 5.41 Å². The van der Waals surface area contributed by atoms with Crippen molar-refractivity contribution in [2.75, 3.05) is 19.6 Å². The molecule has 6 heteroatoms. The monoisotopic (exact) mass is 273 g/mol. The van der Waals surface area contributed by atoms with Gasteiger partial charge in [0.25, 0.3) is 0 Å². The van der Waals surface area contributed by atoms with Crippen molar-refractivity contribution in [1.82, 2.24) is 10.2 Å². The Morgan fingerprint density at radius 1 is 1.33 bits per heavy atom. The summed E-state index contributed by atoms with van der Waals surface area (Å²) in [5.74, 6) is -0.361. The van der Waals surface area contributed by atoms with E-state index in [0.717, 1.165) is 0 Å². The van der Waals surface area contributed by atoms with Crippen LogP contribution in [0.15, 0.2) is 0 Å². The van der Waals surface area contributed by atoms with Crippen LogP contribution in [-0.2, 0) is 9.59 Å². The Morgan fingerprint density at radius 2 is 1.89 bits per heavy atom. The maximum absolute atomic E-state index is 12.4. The topological polar surface area (TPSA) is 75.4 Å². The zero-order valence-corrected chi connectivity index (χ0v) is 12.4. The van der Waals surface area contributed by atoms with Gasteiger partial charge >= 0.3 is 0 Å². The van der Waals surface area contributed by atoms with Gasteiger partial charge in [-0.3, -0.25) is 9.59 Å². The molecule has 0 bridgehead atoms. The second-order valence-corrected chi connectivity index (χ2v) is 4.76. The zero-order valence-electron chi connectivity index (χ0n) is 11.6. The highest BCUT2D eigenvalue weighted by Gasteiger charge is 2.37. The average molecular weight is 273 g/mol. The number of amides is 2. The lowest BCUT2D eigenvalue weighted by molar-refractivity contribution is -0.141. The Labute approximate surface area is 114 Å². The third-order valence-corrected chi connectivity index (χ3v) is 3.55. The Kier molecular flexibility index (Phi) is 6.83. The normalized spacial score (nSPS) is 13.6. The summed E-state index contributed by atoms with van der Waals surface area (Å²) in [5.41, 5.74) is 4.77. The van der Waals surface area contributed by atoms with Crippen LogP contribution >= 0.6 is 12.2 Å². The lowest BCUT2D eigenvalue weighted by Gasteiger charge is -2.32. The first-order valence-electron chi connectivity index (χ1n) is 6.19. The summed E-state index contributed by atoms with van der Waals surface area (Å²) >= 11 is 4.97. The molecule has 0 aromatic carbocycles. The first-order valence-corrected chi connectivity index (χ1v) is 6.60. The summed E-state index contributed by atoms with van der Waals surface area (Å²) in [6, 6.07) is 0. The number of nitrogens with zero attached hydrogens (tertiary/aromatic N) is 1. The van der Waals surface area contributed by atoms with Crippen LogP contribution in [0.25, 0.3) is 0 Å². The molecule has 1 atom stereocenters. The lowest BCUT2D eigenvalue weighted by atomic mass is 9.85. The minimum Gasteiger partial charge on any atom is -0.392 e. The molecule has 0 aliphatic heterocycles. The van der Waals surface area contributed by atoms with Gasteiger partial charge in [-0.25, -0.2) is 0 Å². The summed E-state index contributed by atoms with van der Waals surface area (Å²) in [7, 11) is 0. The van der Waals surface area contributed by atoms with E-state index >= 15 is 0 Å². The number of likely N-dealkylation sites (N-methyl/N-ethyl adjacent to an activating group) is 2. The van der Waals surface area contributed by atoms with Crippen LogP contribution in [0.4, 0.5) is 0 Å². The summed E-state index contributed by atoms with van der Waals surface area (Å²) in [5, 5.41) is 2.67. The molecule has 0 aromatic heterocycles. The number of carbonyl (C=O) groups excluding carboxylic acids is 2. The van der Waals surface area contributed by atoms with Crippen molar-refractivity contribution in [3.05, 3.63) is 0 Å². The number of nitrogens with one attached hydrogen (secondary N) is 1. The predicted octanol–water partition coefficient (Wildman–Crippen LogP) is 0.673. The number of rotatable bonds is 7. The molecule has 0 fully saturated rings. The van der Waals surface area contributed by atoms with E-state index in [2.05, 4.69) is 5.32 Å². The molecule has 0 saturated carbocycles. The number of nitrogens with two attached hydrogens (primary N) is 1. The molecule has 0 aliphatic rings. The Balaban J connectivity index is 4.90. The fourth-order valence-electron chi connectivity index (χ4n) is 1.53. The molecule has 0 spiro atoms. The van der Waals surface area contributed by atoms with Gasteiger partial charge in [-0.2, -0.15) is 0 Å². The fourth-order valence-corrected chi connectivity index (χ4v) is 1.77. The molecule has 5 nitrogen and oxygen atoms in total. The van der Waals surface area contributed by atoms with E-state index in [-0.39, 0.29) is 23.3 Å². The van der Waals surface area contributed by atoms with E-state index in [0.29, 0.717) is 19.5 Å². The molecule has 18 heavy (non-hydrogen) atoms. The molecular weight excluding hydrogens is 250 g/mol. The number of carbonyl (C=O) groups is 2. The average Bonchev–Trinajstić information content (AvgIpc) is 2.34. The largest absolute Gasteiger partial charge is 0.392 e. The maximum Gasteiger partial charge on any atom is 0.239 e. The molecule has 0 heterocycles. The Bertz CT molecular complexity index is 333. The van der Waals surface area contributed by atoms with Crippen molar-refractivity contribution in [1.29, 1.82) is 0 Å². The van der Waals surface area contributed by atoms with Crippen LogP contribution < -0.4 is 11.1 Å². The van der Waals surface area contributed by atoms with Crippen molar-refractivity contribution < 1.29 is 9.59 Å². The van der Waals surface area contributed by atoms with E-state index in [1.807, 2.05) is 20.8 Å². The van der Waals surface area contributed by atoms with E-state index in [9.17, 15) is 9.59 Å². The predicted molar refractivity (Wildman–Crippen MR) is 76.1 cm³/mol. The molecule has 0 aromatic rings. The molecule has 0 aliphatic carbocycles. The van der Waals surface area contributed by atoms with Crippen molar-refractivity contribution in [2.24, 2.45) is 11.1 Å². The van der Waals surface area contributed by atoms with E-state index in [1.165, 1.54) is 4.90 Å². The van der Waals surface area contributed by atoms with Crippen LogP contribution in [0.3, 0.4) is 0 Å². The summed E-state index contributed by atoms with van der Waals surface area (Å²) < 4.78 is 0. The Morgan fingerprint density at radius 3 is 2.22 bits per heavy atom. The van der Waals surface area contributed by atoms with E-state index in [1.54, 1.807) is 6.92 Å². The van der Waals surface area contributed by atoms with Crippen molar-refractivity contribution in [2.45, 2.75) is 34.1 Å². The first-order chi connectivity index (χ1) is 8.33. The van der Waals surface area contributed by atoms with Gasteiger partial charge in [0.2, 0.25) is 11.8 Å². The smallest absolute Gasteiger partial charge is 0.239 e. The highest BCUT2D eigenvalue weighted by atomic mass is 32.1. The van der Waals surface area contributed by atoms with E-state index < -0.39 is 5.41 Å². The minimum atomic E-state index is -0.877. The van der Waals surface area contributed by atoms with Gasteiger partial charge in [-0.15, -0.1) is 0 Å². The highest BCUT2D eigenvalue weighted by Crippen LogP contribution is 2.24. The second-order valence-electron chi connectivity index (χ2n) is 4.32. The molecule has 3 N–H and O–H groups in total. The van der Waals surface area contributed by atoms with Gasteiger partial charge in [0.1, 0.15) is 0 Å². The summed E-state index contributed by atoms with van der Waals surface area (Å²) in [6.07, 6.45) is 0.521.